The van der Waals surface area contributed by atoms with Gasteiger partial charge in [0.25, 0.3) is 0 Å². The predicted octanol–water partition coefficient (Wildman–Crippen LogP) is 3.30. The summed E-state index contributed by atoms with van der Waals surface area (Å²) < 4.78 is 29.7. The van der Waals surface area contributed by atoms with Crippen molar-refractivity contribution in [3.8, 4) is 0 Å². The number of halogens is 1. The van der Waals surface area contributed by atoms with Gasteiger partial charge in [-0.2, -0.15) is 0 Å². The van der Waals surface area contributed by atoms with Crippen molar-refractivity contribution in [2.45, 2.75) is 87.2 Å². The number of fused-ring (bicyclic) bond motifs is 2. The molecule has 2 aromatic rings. The lowest BCUT2D eigenvalue weighted by molar-refractivity contribution is -0.308. The summed E-state index contributed by atoms with van der Waals surface area (Å²) in [4.78, 5) is 6.24. The molecule has 9 atom stereocenters. The van der Waals surface area contributed by atoms with Crippen LogP contribution >= 0.6 is 0 Å². The van der Waals surface area contributed by atoms with Crippen molar-refractivity contribution in [3.63, 3.8) is 0 Å². The first kappa shape index (κ1) is 24.0. The molecule has 1 aromatic heterocycles. The number of allylic oxidation sites excluding steroid dienone is 3. The monoisotopic (exact) mass is 510 g/mol. The van der Waals surface area contributed by atoms with Crippen molar-refractivity contribution in [1.82, 2.24) is 9.88 Å². The fourth-order valence-electron chi connectivity index (χ4n) is 8.74. The van der Waals surface area contributed by atoms with E-state index in [1.54, 1.807) is 0 Å². The second-order valence-electron chi connectivity index (χ2n) is 12.4. The second-order valence-corrected chi connectivity index (χ2v) is 12.4. The molecule has 8 heteroatoms. The predicted molar refractivity (Wildman–Crippen MR) is 135 cm³/mol. The van der Waals surface area contributed by atoms with Gasteiger partial charge in [0.2, 0.25) is 0 Å². The Labute approximate surface area is 215 Å². The van der Waals surface area contributed by atoms with Crippen molar-refractivity contribution in [1.29, 1.82) is 0 Å². The first-order chi connectivity index (χ1) is 17.5. The number of nitrogens with zero attached hydrogens (tertiary/aromatic N) is 2. The zero-order valence-corrected chi connectivity index (χ0v) is 21.7. The van der Waals surface area contributed by atoms with Crippen molar-refractivity contribution in [2.75, 3.05) is 14.1 Å². The number of aliphatic hydroxyl groups excluding tert-OH is 3. The molecule has 3 aliphatic carbocycles. The van der Waals surface area contributed by atoms with E-state index in [9.17, 15) is 15.3 Å². The first-order valence-corrected chi connectivity index (χ1v) is 13.4. The van der Waals surface area contributed by atoms with E-state index < -0.39 is 41.2 Å². The largest absolute Gasteiger partial charge is 0.441 e. The Morgan fingerprint density at radius 2 is 1.92 bits per heavy atom. The molecule has 3 heterocycles. The highest BCUT2D eigenvalue weighted by Gasteiger charge is 2.79. The topological polar surface area (TPSA) is 99.2 Å². The van der Waals surface area contributed by atoms with Crippen LogP contribution in [0.15, 0.2) is 40.3 Å². The van der Waals surface area contributed by atoms with E-state index in [1.807, 2.05) is 44.1 Å². The lowest BCUT2D eigenvalue weighted by Gasteiger charge is -2.62. The average Bonchev–Trinajstić information content (AvgIpc) is 3.51. The zero-order chi connectivity index (χ0) is 26.1. The van der Waals surface area contributed by atoms with Crippen LogP contribution in [0.2, 0.25) is 0 Å². The van der Waals surface area contributed by atoms with Crippen molar-refractivity contribution >= 4 is 16.7 Å². The third kappa shape index (κ3) is 2.71. The summed E-state index contributed by atoms with van der Waals surface area (Å²) in [5, 5.41) is 33.5. The summed E-state index contributed by atoms with van der Waals surface area (Å²) in [6, 6.07) is 5.64. The van der Waals surface area contributed by atoms with Gasteiger partial charge < -0.3 is 29.4 Å². The third-order valence-electron chi connectivity index (χ3n) is 10.6. The molecule has 1 aromatic carbocycles. The minimum Gasteiger partial charge on any atom is -0.441 e. The van der Waals surface area contributed by atoms with Gasteiger partial charge in [-0.3, -0.25) is 0 Å². The van der Waals surface area contributed by atoms with E-state index in [0.29, 0.717) is 30.7 Å². The Morgan fingerprint density at radius 1 is 1.14 bits per heavy atom. The normalized spacial score (nSPS) is 46.5. The molecule has 7 nitrogen and oxygen atoms in total. The molecule has 1 saturated carbocycles. The third-order valence-corrected chi connectivity index (χ3v) is 10.6. The van der Waals surface area contributed by atoms with Crippen LogP contribution in [0, 0.1) is 18.3 Å². The van der Waals surface area contributed by atoms with Gasteiger partial charge in [-0.25, -0.2) is 9.37 Å². The molecular weight excluding hydrogens is 475 g/mol. The number of aliphatic hydroxyl groups is 3. The minimum absolute atomic E-state index is 0.0162. The second kappa shape index (κ2) is 7.30. The van der Waals surface area contributed by atoms with Gasteiger partial charge >= 0.3 is 0 Å². The molecule has 3 unspecified atom stereocenters. The van der Waals surface area contributed by atoms with Gasteiger partial charge in [-0.15, -0.1) is 0 Å². The summed E-state index contributed by atoms with van der Waals surface area (Å²) in [5.41, 5.74) is -0.519. The van der Waals surface area contributed by atoms with E-state index in [4.69, 9.17) is 9.15 Å². The number of ether oxygens (including phenoxy) is 1. The summed E-state index contributed by atoms with van der Waals surface area (Å²) in [7, 11) is 3.63. The maximum atomic E-state index is 17.0. The lowest BCUT2D eigenvalue weighted by Crippen LogP contribution is -2.78. The van der Waals surface area contributed by atoms with Crippen LogP contribution < -0.4 is 0 Å². The molecule has 3 N–H and O–H groups in total. The summed E-state index contributed by atoms with van der Waals surface area (Å²) in [6.07, 6.45) is 2.17. The number of hydrogen-bond donors (Lipinski definition) is 3. The molecule has 2 spiro atoms. The highest BCUT2D eigenvalue weighted by molar-refractivity contribution is 5.82. The van der Waals surface area contributed by atoms with Crippen molar-refractivity contribution < 1.29 is 28.9 Å². The maximum Gasteiger partial charge on any atom is 0.197 e. The standard InChI is InChI=1S/C29H35FN2O5/c1-15-31-19-7-5-16(13-21(19)36-15)17-6-8-22-26(17,2)10-9-18-24(34)29(30)25(35)23(33)20(32(3)4)14-27(29)11-12-28(18,22)37-27/h5-7,9,13,20,22-25,33-35H,8,10-12,14H2,1-4H3/t20-,22?,23+,24?,25-,26+,27+,28+,29?/m0/s1. The smallest absolute Gasteiger partial charge is 0.197 e. The quantitative estimate of drug-likeness (QED) is 0.533. The van der Waals surface area contributed by atoms with Crippen LogP contribution in [0.4, 0.5) is 4.39 Å². The van der Waals surface area contributed by atoms with E-state index in [1.165, 1.54) is 5.57 Å². The first-order valence-electron chi connectivity index (χ1n) is 13.4. The van der Waals surface area contributed by atoms with Crippen LogP contribution in [0.25, 0.3) is 16.7 Å². The Balaban J connectivity index is 1.32. The van der Waals surface area contributed by atoms with Crippen molar-refractivity contribution in [3.05, 3.63) is 47.4 Å². The Morgan fingerprint density at radius 3 is 2.68 bits per heavy atom. The van der Waals surface area contributed by atoms with Gasteiger partial charge in [-0.1, -0.05) is 25.1 Å². The molecule has 2 aliphatic heterocycles. The molecule has 7 rings (SSSR count). The maximum absolute atomic E-state index is 17.0. The molecule has 2 saturated heterocycles. The molecule has 2 bridgehead atoms. The molecule has 5 aliphatic rings. The number of oxazole rings is 1. The van der Waals surface area contributed by atoms with E-state index in [-0.39, 0.29) is 17.8 Å². The molecule has 37 heavy (non-hydrogen) atoms. The van der Waals surface area contributed by atoms with Crippen LogP contribution in [-0.4, -0.2) is 80.5 Å². The van der Waals surface area contributed by atoms with Crippen LogP contribution in [0.1, 0.15) is 50.5 Å². The Kier molecular flexibility index (Phi) is 4.73. The molecule has 198 valence electrons. The van der Waals surface area contributed by atoms with E-state index >= 15 is 4.39 Å². The van der Waals surface area contributed by atoms with Crippen LogP contribution in [0.3, 0.4) is 0 Å². The van der Waals surface area contributed by atoms with Gasteiger partial charge in [-0.05, 0) is 75.0 Å². The fraction of sp³-hybridized carbons (Fsp3) is 0.621. The molecule has 0 radical (unpaired) electrons. The molecule has 3 fully saturated rings. The summed E-state index contributed by atoms with van der Waals surface area (Å²) in [5.74, 6) is 0.648. The van der Waals surface area contributed by atoms with Gasteiger partial charge in [0, 0.05) is 24.3 Å². The highest BCUT2D eigenvalue weighted by Crippen LogP contribution is 2.70. The van der Waals surface area contributed by atoms with Crippen molar-refractivity contribution in [2.24, 2.45) is 11.3 Å². The zero-order valence-electron chi connectivity index (χ0n) is 21.7. The number of rotatable bonds is 2. The van der Waals surface area contributed by atoms with Gasteiger partial charge in [0.1, 0.15) is 23.3 Å². The Hall–Kier alpha value is -2.10. The number of alkyl halides is 1. The Bertz CT molecular complexity index is 1370. The van der Waals surface area contributed by atoms with Gasteiger partial charge in [0.05, 0.1) is 11.7 Å². The SMILES string of the molecule is Cc1nc2ccc(C3=CCC4[C@]3(C)CC=C3C(O)C5(F)[C@@H](O)[C@H](O)[C@@H](N(C)C)C[C@]56CC[C@@]34O6)cc2o1. The lowest BCUT2D eigenvalue weighted by atomic mass is 9.55. The highest BCUT2D eigenvalue weighted by atomic mass is 19.1. The van der Waals surface area contributed by atoms with Gasteiger partial charge in [0.15, 0.2) is 17.1 Å². The molecule has 0 amide bonds. The average molecular weight is 511 g/mol. The van der Waals surface area contributed by atoms with Crippen LogP contribution in [-0.2, 0) is 4.74 Å². The number of benzene rings is 1. The number of likely N-dealkylation sites (N-methyl/N-ethyl adjacent to an activating group) is 1. The van der Waals surface area contributed by atoms with E-state index in [2.05, 4.69) is 24.1 Å². The number of aromatic nitrogens is 1. The summed E-state index contributed by atoms with van der Waals surface area (Å²) in [6.45, 7) is 4.08. The fourth-order valence-corrected chi connectivity index (χ4v) is 8.74. The minimum atomic E-state index is -2.47. The number of aryl methyl sites for hydroxylation is 1. The molecular formula is C29H35FN2O5. The van der Waals surface area contributed by atoms with E-state index in [0.717, 1.165) is 23.1 Å². The van der Waals surface area contributed by atoms with Crippen LogP contribution in [0.5, 0.6) is 0 Å². The number of hydrogen-bond acceptors (Lipinski definition) is 7. The summed E-state index contributed by atoms with van der Waals surface area (Å²) >= 11 is 0.